The molecule has 0 fully saturated rings. The predicted octanol–water partition coefficient (Wildman–Crippen LogP) is 3.95. The summed E-state index contributed by atoms with van der Waals surface area (Å²) < 4.78 is 10.9. The highest BCUT2D eigenvalue weighted by Crippen LogP contribution is 2.36. The van der Waals surface area contributed by atoms with Gasteiger partial charge in [-0.15, -0.1) is 11.3 Å². The summed E-state index contributed by atoms with van der Waals surface area (Å²) in [5.74, 6) is 1.10. The average Bonchev–Trinajstić information content (AvgIpc) is 2.85. The molecule has 0 aromatic carbocycles. The van der Waals surface area contributed by atoms with Crippen LogP contribution < -0.4 is 15.8 Å². The van der Waals surface area contributed by atoms with Gasteiger partial charge in [0.2, 0.25) is 0 Å². The van der Waals surface area contributed by atoms with E-state index in [2.05, 4.69) is 25.6 Å². The Hall–Kier alpha value is -0.790. The number of anilines is 2. The molecule has 0 saturated heterocycles. The highest BCUT2D eigenvalue weighted by Gasteiger charge is 2.14. The first-order valence-electron chi connectivity index (χ1n) is 5.45. The van der Waals surface area contributed by atoms with Crippen LogP contribution in [0, 0.1) is 0 Å². The largest absolute Gasteiger partial charge is 0.484 e. The van der Waals surface area contributed by atoms with Gasteiger partial charge in [-0.3, -0.25) is 0 Å². The Bertz CT molecular complexity index is 524. The van der Waals surface area contributed by atoms with Gasteiger partial charge in [-0.2, -0.15) is 4.37 Å². The Balaban J connectivity index is 2.07. The van der Waals surface area contributed by atoms with Gasteiger partial charge >= 0.3 is 0 Å². The maximum absolute atomic E-state index is 5.80. The number of hydrogen-bond donors (Lipinski definition) is 2. The molecule has 0 aliphatic rings. The molecule has 0 aliphatic heterocycles. The molecule has 2 aromatic rings. The van der Waals surface area contributed by atoms with E-state index in [1.165, 1.54) is 16.4 Å². The zero-order chi connectivity index (χ0) is 13.1. The van der Waals surface area contributed by atoms with Crippen LogP contribution in [0.2, 0.25) is 0 Å². The second kappa shape index (κ2) is 5.90. The van der Waals surface area contributed by atoms with Gasteiger partial charge in [0.1, 0.15) is 0 Å². The molecule has 0 atom stereocenters. The molecule has 3 N–H and O–H groups in total. The highest BCUT2D eigenvalue weighted by molar-refractivity contribution is 9.10. The van der Waals surface area contributed by atoms with Crippen LogP contribution in [0.15, 0.2) is 15.9 Å². The van der Waals surface area contributed by atoms with Crippen LogP contribution in [-0.4, -0.2) is 10.5 Å². The lowest BCUT2D eigenvalue weighted by atomic mass is 10.4. The fourth-order valence-electron chi connectivity index (χ4n) is 1.37. The molecule has 2 rings (SSSR count). The zero-order valence-corrected chi connectivity index (χ0v) is 13.3. The van der Waals surface area contributed by atoms with E-state index >= 15 is 0 Å². The van der Waals surface area contributed by atoms with Gasteiger partial charge in [0, 0.05) is 9.35 Å². The number of rotatable bonds is 5. The van der Waals surface area contributed by atoms with Crippen LogP contribution in [0.25, 0.3) is 0 Å². The fourth-order valence-corrected chi connectivity index (χ4v) is 3.45. The van der Waals surface area contributed by atoms with Crippen LogP contribution in [0.4, 0.5) is 10.8 Å². The smallest absolute Gasteiger partial charge is 0.197 e. The molecule has 4 nitrogen and oxygen atoms in total. The monoisotopic (exact) mass is 347 g/mol. The molecule has 2 aromatic heterocycles. The van der Waals surface area contributed by atoms with Gasteiger partial charge in [-0.25, -0.2) is 0 Å². The van der Waals surface area contributed by atoms with Crippen molar-refractivity contribution in [3.05, 3.63) is 20.8 Å². The third kappa shape index (κ3) is 3.15. The first kappa shape index (κ1) is 13.6. The van der Waals surface area contributed by atoms with Gasteiger partial charge in [0.05, 0.1) is 12.6 Å². The van der Waals surface area contributed by atoms with Crippen LogP contribution >= 0.6 is 38.8 Å². The molecule has 0 bridgehead atoms. The maximum atomic E-state index is 5.80. The fraction of sp³-hybridized carbons (Fsp3) is 0.364. The lowest BCUT2D eigenvalue weighted by Gasteiger charge is -2.11. The number of nitrogens with one attached hydrogen (secondary N) is 1. The van der Waals surface area contributed by atoms with Crippen LogP contribution in [-0.2, 0) is 6.54 Å². The second-order valence-electron chi connectivity index (χ2n) is 3.94. The first-order valence-corrected chi connectivity index (χ1v) is 7.90. The number of aromatic nitrogens is 1. The summed E-state index contributed by atoms with van der Waals surface area (Å²) in [5.41, 5.74) is 5.80. The molecule has 0 radical (unpaired) electrons. The summed E-state index contributed by atoms with van der Waals surface area (Å²) >= 11 is 6.53. The van der Waals surface area contributed by atoms with Crippen molar-refractivity contribution in [1.29, 1.82) is 0 Å². The molecule has 0 amide bonds. The number of halogens is 1. The van der Waals surface area contributed by atoms with Gasteiger partial charge in [0.15, 0.2) is 16.6 Å². The quantitative estimate of drug-likeness (QED) is 0.859. The van der Waals surface area contributed by atoms with Gasteiger partial charge < -0.3 is 15.8 Å². The van der Waals surface area contributed by atoms with E-state index in [4.69, 9.17) is 10.5 Å². The minimum absolute atomic E-state index is 0.0812. The summed E-state index contributed by atoms with van der Waals surface area (Å²) in [5, 5.41) is 6.24. The third-order valence-electron chi connectivity index (χ3n) is 2.13. The Kier molecular flexibility index (Phi) is 4.47. The molecule has 18 heavy (non-hydrogen) atoms. The average molecular weight is 348 g/mol. The van der Waals surface area contributed by atoms with Crippen molar-refractivity contribution in [1.82, 2.24) is 4.37 Å². The van der Waals surface area contributed by atoms with E-state index in [1.807, 2.05) is 25.3 Å². The Labute approximate surface area is 122 Å². The highest BCUT2D eigenvalue weighted by atomic mass is 79.9. The van der Waals surface area contributed by atoms with Gasteiger partial charge in [-0.1, -0.05) is 0 Å². The number of hydrogen-bond acceptors (Lipinski definition) is 6. The maximum Gasteiger partial charge on any atom is 0.197 e. The molecule has 0 aliphatic carbocycles. The van der Waals surface area contributed by atoms with Crippen molar-refractivity contribution in [2.45, 2.75) is 26.5 Å². The van der Waals surface area contributed by atoms with E-state index in [9.17, 15) is 0 Å². The van der Waals surface area contributed by atoms with E-state index in [0.717, 1.165) is 16.0 Å². The predicted molar refractivity (Wildman–Crippen MR) is 81.6 cm³/mol. The Morgan fingerprint density at radius 2 is 2.33 bits per heavy atom. The zero-order valence-electron chi connectivity index (χ0n) is 10.1. The number of nitrogens with zero attached hydrogens (tertiary/aromatic N) is 1. The van der Waals surface area contributed by atoms with Crippen molar-refractivity contribution in [3.63, 3.8) is 0 Å². The lowest BCUT2D eigenvalue weighted by molar-refractivity contribution is 0.245. The number of nitrogens with two attached hydrogens (primary N) is 1. The Morgan fingerprint density at radius 3 is 2.94 bits per heavy atom. The molecule has 7 heteroatoms. The number of thiophene rings is 1. The third-order valence-corrected chi connectivity index (χ3v) is 4.85. The Morgan fingerprint density at radius 1 is 1.56 bits per heavy atom. The van der Waals surface area contributed by atoms with Crippen molar-refractivity contribution in [2.24, 2.45) is 0 Å². The van der Waals surface area contributed by atoms with Crippen LogP contribution in [0.5, 0.6) is 5.75 Å². The minimum Gasteiger partial charge on any atom is -0.484 e. The molecule has 0 saturated carbocycles. The van der Waals surface area contributed by atoms with Crippen molar-refractivity contribution in [2.75, 3.05) is 11.1 Å². The molecule has 98 valence electrons. The molecule has 2 heterocycles. The topological polar surface area (TPSA) is 60.2 Å². The summed E-state index contributed by atoms with van der Waals surface area (Å²) in [6.45, 7) is 4.67. The number of nitrogen functional groups attached to an aromatic ring is 1. The normalized spacial score (nSPS) is 10.9. The lowest BCUT2D eigenvalue weighted by Crippen LogP contribution is -2.08. The summed E-state index contributed by atoms with van der Waals surface area (Å²) in [6, 6.07) is 2.04. The van der Waals surface area contributed by atoms with Gasteiger partial charge in [-0.05, 0) is 52.8 Å². The van der Waals surface area contributed by atoms with Crippen LogP contribution in [0.1, 0.15) is 18.7 Å². The van der Waals surface area contributed by atoms with E-state index in [1.54, 1.807) is 11.3 Å². The molecule has 0 spiro atoms. The van der Waals surface area contributed by atoms with Crippen molar-refractivity contribution < 1.29 is 4.74 Å². The standard InChI is InChI=1S/C11H14BrN3OS2/c1-6(2)16-9-10(13)15-18-11(9)14-5-8-7(12)3-4-17-8/h3-4,6,14H,5H2,1-2H3,(H2,13,15). The molecular weight excluding hydrogens is 334 g/mol. The summed E-state index contributed by atoms with van der Waals surface area (Å²) in [4.78, 5) is 1.23. The van der Waals surface area contributed by atoms with E-state index in [-0.39, 0.29) is 6.10 Å². The first-order chi connectivity index (χ1) is 8.58. The minimum atomic E-state index is 0.0812. The number of ether oxygens (including phenoxy) is 1. The van der Waals surface area contributed by atoms with Crippen molar-refractivity contribution in [3.8, 4) is 5.75 Å². The SMILES string of the molecule is CC(C)Oc1c(N)nsc1NCc1sccc1Br. The summed E-state index contributed by atoms with van der Waals surface area (Å²) in [7, 11) is 0. The van der Waals surface area contributed by atoms with Crippen molar-refractivity contribution >= 4 is 49.6 Å². The molecule has 0 unspecified atom stereocenters. The van der Waals surface area contributed by atoms with Crippen LogP contribution in [0.3, 0.4) is 0 Å². The van der Waals surface area contributed by atoms with E-state index < -0.39 is 0 Å². The summed E-state index contributed by atoms with van der Waals surface area (Å²) in [6.07, 6.45) is 0.0812. The van der Waals surface area contributed by atoms with E-state index in [0.29, 0.717) is 11.6 Å². The second-order valence-corrected chi connectivity index (χ2v) is 6.57. The van der Waals surface area contributed by atoms with Gasteiger partial charge in [0.25, 0.3) is 0 Å². The molecular formula is C11H14BrN3OS2.